The molecular formula is C11H17ClN2O2S. The van der Waals surface area contributed by atoms with Gasteiger partial charge in [0.25, 0.3) is 0 Å². The number of carbonyl (C=O) groups is 1. The standard InChI is InChI=1S/C11H17ClN2O2S/c1-16-6-2-5-14(8-11(13)15)7-9-3-4-10(12)17-9/h3-4H,2,5-8H2,1H3,(H2,13,15). The van der Waals surface area contributed by atoms with Crippen molar-refractivity contribution >= 4 is 28.8 Å². The Kier molecular flexibility index (Phi) is 6.50. The maximum atomic E-state index is 11.0. The molecule has 0 aliphatic heterocycles. The van der Waals surface area contributed by atoms with E-state index >= 15 is 0 Å². The van der Waals surface area contributed by atoms with Crippen LogP contribution in [0.2, 0.25) is 4.34 Å². The summed E-state index contributed by atoms with van der Waals surface area (Å²) in [6.45, 7) is 2.43. The predicted octanol–water partition coefficient (Wildman–Crippen LogP) is 1.73. The van der Waals surface area contributed by atoms with Gasteiger partial charge in [-0.2, -0.15) is 0 Å². The summed E-state index contributed by atoms with van der Waals surface area (Å²) < 4.78 is 5.75. The summed E-state index contributed by atoms with van der Waals surface area (Å²) in [4.78, 5) is 14.1. The first-order chi connectivity index (χ1) is 8.11. The quantitative estimate of drug-likeness (QED) is 0.736. The second kappa shape index (κ2) is 7.66. The molecule has 1 amide bonds. The van der Waals surface area contributed by atoms with Crippen molar-refractivity contribution in [3.63, 3.8) is 0 Å². The van der Waals surface area contributed by atoms with Crippen LogP contribution in [0.4, 0.5) is 0 Å². The molecule has 0 saturated heterocycles. The molecule has 0 bridgehead atoms. The van der Waals surface area contributed by atoms with Crippen molar-refractivity contribution in [3.05, 3.63) is 21.3 Å². The van der Waals surface area contributed by atoms with Gasteiger partial charge < -0.3 is 10.5 Å². The number of carbonyl (C=O) groups excluding carboxylic acids is 1. The topological polar surface area (TPSA) is 55.6 Å². The van der Waals surface area contributed by atoms with Gasteiger partial charge in [0.15, 0.2) is 0 Å². The smallest absolute Gasteiger partial charge is 0.231 e. The van der Waals surface area contributed by atoms with Gasteiger partial charge in [-0.05, 0) is 18.6 Å². The maximum absolute atomic E-state index is 11.0. The molecule has 1 aromatic heterocycles. The first kappa shape index (κ1) is 14.4. The molecule has 0 spiro atoms. The lowest BCUT2D eigenvalue weighted by atomic mass is 10.3. The van der Waals surface area contributed by atoms with Crippen LogP contribution >= 0.6 is 22.9 Å². The molecule has 0 aliphatic rings. The molecular weight excluding hydrogens is 260 g/mol. The number of hydrogen-bond donors (Lipinski definition) is 1. The molecule has 0 fully saturated rings. The molecule has 0 saturated carbocycles. The molecule has 0 atom stereocenters. The summed E-state index contributed by atoms with van der Waals surface area (Å²) in [5.74, 6) is -0.315. The first-order valence-electron chi connectivity index (χ1n) is 5.35. The number of hydrogen-bond acceptors (Lipinski definition) is 4. The summed E-state index contributed by atoms with van der Waals surface area (Å²) in [5, 5.41) is 0. The van der Waals surface area contributed by atoms with Crippen molar-refractivity contribution in [2.24, 2.45) is 5.73 Å². The average Bonchev–Trinajstić information content (AvgIpc) is 2.63. The second-order valence-corrected chi connectivity index (χ2v) is 5.53. The molecule has 2 N–H and O–H groups in total. The van der Waals surface area contributed by atoms with E-state index in [1.807, 2.05) is 17.0 Å². The highest BCUT2D eigenvalue weighted by Crippen LogP contribution is 2.22. The predicted molar refractivity (Wildman–Crippen MR) is 70.3 cm³/mol. The van der Waals surface area contributed by atoms with Crippen LogP contribution < -0.4 is 5.73 Å². The highest BCUT2D eigenvalue weighted by atomic mass is 35.5. The molecule has 6 heteroatoms. The number of primary amides is 1. The van der Waals surface area contributed by atoms with Crippen LogP contribution in [-0.2, 0) is 16.1 Å². The summed E-state index contributed by atoms with van der Waals surface area (Å²) in [7, 11) is 1.66. The SMILES string of the molecule is COCCCN(CC(N)=O)Cc1ccc(Cl)s1. The zero-order valence-electron chi connectivity index (χ0n) is 9.82. The van der Waals surface area contributed by atoms with E-state index in [2.05, 4.69) is 0 Å². The summed E-state index contributed by atoms with van der Waals surface area (Å²) >= 11 is 7.39. The lowest BCUT2D eigenvalue weighted by molar-refractivity contribution is -0.119. The zero-order chi connectivity index (χ0) is 12.7. The van der Waals surface area contributed by atoms with Crippen molar-refractivity contribution in [3.8, 4) is 0 Å². The molecule has 96 valence electrons. The van der Waals surface area contributed by atoms with Crippen molar-refractivity contribution in [2.75, 3.05) is 26.8 Å². The summed E-state index contributed by atoms with van der Waals surface area (Å²) in [6, 6.07) is 3.83. The summed E-state index contributed by atoms with van der Waals surface area (Å²) in [6.07, 6.45) is 0.878. The lowest BCUT2D eigenvalue weighted by Gasteiger charge is -2.19. The Morgan fingerprint density at radius 3 is 2.88 bits per heavy atom. The molecule has 0 aliphatic carbocycles. The van der Waals surface area contributed by atoms with Gasteiger partial charge in [-0.3, -0.25) is 9.69 Å². The van der Waals surface area contributed by atoms with Crippen LogP contribution in [0.5, 0.6) is 0 Å². The van der Waals surface area contributed by atoms with Crippen LogP contribution in [0.3, 0.4) is 0 Å². The van der Waals surface area contributed by atoms with Crippen LogP contribution in [0.15, 0.2) is 12.1 Å². The number of nitrogens with zero attached hydrogens (tertiary/aromatic N) is 1. The van der Waals surface area contributed by atoms with Gasteiger partial charge in [-0.25, -0.2) is 0 Å². The number of amides is 1. The number of methoxy groups -OCH3 is 1. The Bertz CT molecular complexity index is 357. The fraction of sp³-hybridized carbons (Fsp3) is 0.545. The number of nitrogens with two attached hydrogens (primary N) is 1. The molecule has 0 unspecified atom stereocenters. The highest BCUT2D eigenvalue weighted by molar-refractivity contribution is 7.16. The molecule has 17 heavy (non-hydrogen) atoms. The first-order valence-corrected chi connectivity index (χ1v) is 6.55. The van der Waals surface area contributed by atoms with Gasteiger partial charge in [-0.1, -0.05) is 11.6 Å². The van der Waals surface area contributed by atoms with E-state index in [1.165, 1.54) is 11.3 Å². The second-order valence-electron chi connectivity index (χ2n) is 3.73. The Morgan fingerprint density at radius 1 is 1.59 bits per heavy atom. The van der Waals surface area contributed by atoms with E-state index in [0.717, 1.165) is 22.2 Å². The minimum Gasteiger partial charge on any atom is -0.385 e. The van der Waals surface area contributed by atoms with Gasteiger partial charge in [0, 0.05) is 31.7 Å². The fourth-order valence-corrected chi connectivity index (χ4v) is 2.65. The minimum atomic E-state index is -0.315. The molecule has 1 heterocycles. The average molecular weight is 277 g/mol. The molecule has 1 aromatic rings. The van der Waals surface area contributed by atoms with Crippen molar-refractivity contribution < 1.29 is 9.53 Å². The Hall–Kier alpha value is -0.620. The van der Waals surface area contributed by atoms with Crippen molar-refractivity contribution in [1.82, 2.24) is 4.90 Å². The third-order valence-corrected chi connectivity index (χ3v) is 3.43. The van der Waals surface area contributed by atoms with Gasteiger partial charge >= 0.3 is 0 Å². The number of rotatable bonds is 8. The Morgan fingerprint density at radius 2 is 2.35 bits per heavy atom. The monoisotopic (exact) mass is 276 g/mol. The van der Waals surface area contributed by atoms with Crippen LogP contribution in [0.1, 0.15) is 11.3 Å². The van der Waals surface area contributed by atoms with Gasteiger partial charge in [-0.15, -0.1) is 11.3 Å². The third-order valence-electron chi connectivity index (χ3n) is 2.21. The normalized spacial score (nSPS) is 11.0. The highest BCUT2D eigenvalue weighted by Gasteiger charge is 2.10. The largest absolute Gasteiger partial charge is 0.385 e. The summed E-state index contributed by atoms with van der Waals surface area (Å²) in [5.41, 5.74) is 5.22. The van der Waals surface area contributed by atoms with Crippen LogP contribution in [0, 0.1) is 0 Å². The van der Waals surface area contributed by atoms with E-state index in [1.54, 1.807) is 7.11 Å². The van der Waals surface area contributed by atoms with E-state index in [-0.39, 0.29) is 12.5 Å². The Balaban J connectivity index is 2.47. The van der Waals surface area contributed by atoms with Crippen molar-refractivity contribution in [2.45, 2.75) is 13.0 Å². The molecule has 0 radical (unpaired) electrons. The van der Waals surface area contributed by atoms with Gasteiger partial charge in [0.05, 0.1) is 10.9 Å². The molecule has 1 rings (SSSR count). The number of halogens is 1. The zero-order valence-corrected chi connectivity index (χ0v) is 11.4. The van der Waals surface area contributed by atoms with Crippen molar-refractivity contribution in [1.29, 1.82) is 0 Å². The number of ether oxygens (including phenoxy) is 1. The third kappa shape index (κ3) is 6.02. The van der Waals surface area contributed by atoms with E-state index in [9.17, 15) is 4.79 Å². The van der Waals surface area contributed by atoms with E-state index in [4.69, 9.17) is 22.1 Å². The molecule has 0 aromatic carbocycles. The van der Waals surface area contributed by atoms with Crippen LogP contribution in [0.25, 0.3) is 0 Å². The van der Waals surface area contributed by atoms with Gasteiger partial charge in [0.1, 0.15) is 0 Å². The van der Waals surface area contributed by atoms with E-state index in [0.29, 0.717) is 13.2 Å². The van der Waals surface area contributed by atoms with Gasteiger partial charge in [0.2, 0.25) is 5.91 Å². The maximum Gasteiger partial charge on any atom is 0.231 e. The lowest BCUT2D eigenvalue weighted by Crippen LogP contribution is -2.34. The number of thiophene rings is 1. The Labute approximate surface area is 110 Å². The minimum absolute atomic E-state index is 0.263. The van der Waals surface area contributed by atoms with Crippen LogP contribution in [-0.4, -0.2) is 37.6 Å². The molecule has 4 nitrogen and oxygen atoms in total. The fourth-order valence-electron chi connectivity index (χ4n) is 1.52. The van der Waals surface area contributed by atoms with E-state index < -0.39 is 0 Å².